The number of benzene rings is 1. The van der Waals surface area contributed by atoms with Gasteiger partial charge in [0.15, 0.2) is 0 Å². The van der Waals surface area contributed by atoms with Gasteiger partial charge in [0.2, 0.25) is 0 Å². The number of fused-ring (bicyclic) bond motifs is 1. The molecule has 2 rings (SSSR count). The Morgan fingerprint density at radius 1 is 1.33 bits per heavy atom. The first-order valence-electron chi connectivity index (χ1n) is 4.53. The molecule has 0 saturated carbocycles. The Bertz CT molecular complexity index is 293. The van der Waals surface area contributed by atoms with Crippen molar-refractivity contribution in [2.75, 3.05) is 7.05 Å². The fraction of sp³-hybridized carbons (Fsp3) is 0.455. The molecule has 1 N–H and O–H groups in total. The number of aryl methyl sites for hydroxylation is 1. The molecule has 0 heterocycles. The summed E-state index contributed by atoms with van der Waals surface area (Å²) in [6.07, 6.45) is 2.44. The Morgan fingerprint density at radius 3 is 2.83 bits per heavy atom. The second-order valence-corrected chi connectivity index (χ2v) is 3.74. The van der Waals surface area contributed by atoms with Crippen LogP contribution in [-0.2, 0) is 12.0 Å². The monoisotopic (exact) mass is 161 g/mol. The zero-order valence-electron chi connectivity index (χ0n) is 7.72. The Balaban J connectivity index is 2.49. The first-order valence-corrected chi connectivity index (χ1v) is 4.53. The van der Waals surface area contributed by atoms with Crippen LogP contribution in [0.4, 0.5) is 0 Å². The van der Waals surface area contributed by atoms with E-state index >= 15 is 0 Å². The summed E-state index contributed by atoms with van der Waals surface area (Å²) in [5.41, 5.74) is 3.21. The molecule has 1 aromatic carbocycles. The Morgan fingerprint density at radius 2 is 2.08 bits per heavy atom. The predicted molar refractivity (Wildman–Crippen MR) is 51.2 cm³/mol. The van der Waals surface area contributed by atoms with E-state index in [0.29, 0.717) is 0 Å². The first-order chi connectivity index (χ1) is 5.76. The van der Waals surface area contributed by atoms with Gasteiger partial charge in [0.05, 0.1) is 0 Å². The number of nitrogens with one attached hydrogen (secondary N) is 1. The molecular weight excluding hydrogens is 146 g/mol. The van der Waals surface area contributed by atoms with Gasteiger partial charge in [-0.2, -0.15) is 0 Å². The largest absolute Gasteiger partial charge is 0.311 e. The highest BCUT2D eigenvalue weighted by atomic mass is 14.9. The minimum absolute atomic E-state index is 0.219. The van der Waals surface area contributed by atoms with Crippen molar-refractivity contribution in [3.05, 3.63) is 35.4 Å². The zero-order valence-corrected chi connectivity index (χ0v) is 7.72. The summed E-state index contributed by atoms with van der Waals surface area (Å²) in [5.74, 6) is 0. The molecule has 0 unspecified atom stereocenters. The zero-order chi connectivity index (χ0) is 8.60. The number of hydrogen-bond donors (Lipinski definition) is 1. The van der Waals surface area contributed by atoms with Crippen LogP contribution < -0.4 is 5.32 Å². The van der Waals surface area contributed by atoms with Gasteiger partial charge >= 0.3 is 0 Å². The first kappa shape index (κ1) is 7.81. The summed E-state index contributed by atoms with van der Waals surface area (Å²) >= 11 is 0. The SMILES string of the molecule is CN[C@@]1(C)CCc2ccccc21. The molecule has 12 heavy (non-hydrogen) atoms. The molecule has 0 aromatic heterocycles. The highest BCUT2D eigenvalue weighted by molar-refractivity contribution is 5.37. The quantitative estimate of drug-likeness (QED) is 0.665. The number of hydrogen-bond acceptors (Lipinski definition) is 1. The fourth-order valence-electron chi connectivity index (χ4n) is 2.06. The van der Waals surface area contributed by atoms with Gasteiger partial charge in [-0.1, -0.05) is 24.3 Å². The van der Waals surface area contributed by atoms with E-state index in [2.05, 4.69) is 36.5 Å². The van der Waals surface area contributed by atoms with E-state index in [-0.39, 0.29) is 5.54 Å². The summed E-state index contributed by atoms with van der Waals surface area (Å²) < 4.78 is 0. The minimum Gasteiger partial charge on any atom is -0.311 e. The van der Waals surface area contributed by atoms with Crippen molar-refractivity contribution in [3.63, 3.8) is 0 Å². The summed E-state index contributed by atoms with van der Waals surface area (Å²) in [6.45, 7) is 2.28. The molecule has 0 aliphatic heterocycles. The normalized spacial score (nSPS) is 27.2. The third-order valence-electron chi connectivity index (χ3n) is 3.06. The third kappa shape index (κ3) is 0.969. The van der Waals surface area contributed by atoms with Crippen LogP contribution in [0.2, 0.25) is 0 Å². The molecule has 1 aromatic rings. The highest BCUT2D eigenvalue weighted by Crippen LogP contribution is 2.35. The Hall–Kier alpha value is -0.820. The lowest BCUT2D eigenvalue weighted by atomic mass is 9.95. The molecule has 1 atom stereocenters. The molecule has 1 nitrogen and oxygen atoms in total. The van der Waals surface area contributed by atoms with E-state index in [4.69, 9.17) is 0 Å². The van der Waals surface area contributed by atoms with Gasteiger partial charge in [-0.15, -0.1) is 0 Å². The maximum atomic E-state index is 3.40. The molecule has 0 bridgehead atoms. The smallest absolute Gasteiger partial charge is 0.0409 e. The fourth-order valence-corrected chi connectivity index (χ4v) is 2.06. The van der Waals surface area contributed by atoms with Gasteiger partial charge in [0.25, 0.3) is 0 Å². The minimum atomic E-state index is 0.219. The summed E-state index contributed by atoms with van der Waals surface area (Å²) in [4.78, 5) is 0. The molecule has 1 heteroatoms. The van der Waals surface area contributed by atoms with Crippen LogP contribution in [0, 0.1) is 0 Å². The Kier molecular flexibility index (Phi) is 1.69. The van der Waals surface area contributed by atoms with Gasteiger partial charge in [-0.05, 0) is 37.9 Å². The lowest BCUT2D eigenvalue weighted by Gasteiger charge is -2.24. The van der Waals surface area contributed by atoms with Crippen molar-refractivity contribution >= 4 is 0 Å². The van der Waals surface area contributed by atoms with Crippen LogP contribution in [0.1, 0.15) is 24.5 Å². The van der Waals surface area contributed by atoms with Crippen molar-refractivity contribution in [3.8, 4) is 0 Å². The molecule has 0 saturated heterocycles. The van der Waals surface area contributed by atoms with E-state index in [9.17, 15) is 0 Å². The van der Waals surface area contributed by atoms with Crippen LogP contribution in [0.3, 0.4) is 0 Å². The predicted octanol–water partition coefficient (Wildman–Crippen LogP) is 2.07. The maximum absolute atomic E-state index is 3.40. The molecule has 0 radical (unpaired) electrons. The summed E-state index contributed by atoms with van der Waals surface area (Å²) in [7, 11) is 2.04. The van der Waals surface area contributed by atoms with E-state index in [0.717, 1.165) is 0 Å². The summed E-state index contributed by atoms with van der Waals surface area (Å²) in [5, 5.41) is 3.40. The van der Waals surface area contributed by atoms with Gasteiger partial charge < -0.3 is 5.32 Å². The second kappa shape index (κ2) is 2.60. The molecule has 64 valence electrons. The molecule has 1 aliphatic carbocycles. The van der Waals surface area contributed by atoms with Crippen molar-refractivity contribution < 1.29 is 0 Å². The molecule has 1 aliphatic rings. The van der Waals surface area contributed by atoms with Gasteiger partial charge in [0, 0.05) is 5.54 Å². The Labute approximate surface area is 73.8 Å². The van der Waals surface area contributed by atoms with Crippen molar-refractivity contribution in [2.24, 2.45) is 0 Å². The van der Waals surface area contributed by atoms with Crippen LogP contribution in [0.25, 0.3) is 0 Å². The van der Waals surface area contributed by atoms with Crippen LogP contribution in [-0.4, -0.2) is 7.05 Å². The second-order valence-electron chi connectivity index (χ2n) is 3.74. The lowest BCUT2D eigenvalue weighted by molar-refractivity contribution is 0.399. The maximum Gasteiger partial charge on any atom is 0.0409 e. The molecular formula is C11H15N. The van der Waals surface area contributed by atoms with E-state index in [1.54, 1.807) is 0 Å². The highest BCUT2D eigenvalue weighted by Gasteiger charge is 2.31. The topological polar surface area (TPSA) is 12.0 Å². The number of rotatable bonds is 1. The van der Waals surface area contributed by atoms with E-state index in [1.807, 2.05) is 7.05 Å². The van der Waals surface area contributed by atoms with Gasteiger partial charge in [-0.25, -0.2) is 0 Å². The van der Waals surface area contributed by atoms with Crippen molar-refractivity contribution in [1.29, 1.82) is 0 Å². The molecule has 0 amide bonds. The van der Waals surface area contributed by atoms with E-state index < -0.39 is 0 Å². The lowest BCUT2D eigenvalue weighted by Crippen LogP contribution is -2.33. The van der Waals surface area contributed by atoms with Gasteiger partial charge in [0.1, 0.15) is 0 Å². The van der Waals surface area contributed by atoms with Crippen LogP contribution >= 0.6 is 0 Å². The molecule has 0 fully saturated rings. The van der Waals surface area contributed by atoms with Crippen molar-refractivity contribution in [1.82, 2.24) is 5.32 Å². The van der Waals surface area contributed by atoms with Gasteiger partial charge in [-0.3, -0.25) is 0 Å². The van der Waals surface area contributed by atoms with E-state index in [1.165, 1.54) is 24.0 Å². The average Bonchev–Trinajstić information content (AvgIpc) is 2.46. The van der Waals surface area contributed by atoms with Crippen LogP contribution in [0.15, 0.2) is 24.3 Å². The van der Waals surface area contributed by atoms with Crippen LogP contribution in [0.5, 0.6) is 0 Å². The summed E-state index contributed by atoms with van der Waals surface area (Å²) in [6, 6.07) is 8.72. The third-order valence-corrected chi connectivity index (χ3v) is 3.06. The van der Waals surface area contributed by atoms with Crippen molar-refractivity contribution in [2.45, 2.75) is 25.3 Å². The average molecular weight is 161 g/mol. The standard InChI is InChI=1S/C11H15N/c1-11(12-2)8-7-9-5-3-4-6-10(9)11/h3-6,12H,7-8H2,1-2H3/t11-/m0/s1. The molecule has 0 spiro atoms.